The second-order valence-corrected chi connectivity index (χ2v) is 6.74. The van der Waals surface area contributed by atoms with Crippen molar-refractivity contribution in [3.63, 3.8) is 0 Å². The average molecular weight is 314 g/mol. The number of nitrogens with one attached hydrogen (secondary N) is 1. The zero-order chi connectivity index (χ0) is 16.2. The molecule has 0 unspecified atom stereocenters. The molecule has 124 valence electrons. The zero-order valence-electron chi connectivity index (χ0n) is 14.2. The van der Waals surface area contributed by atoms with Crippen molar-refractivity contribution in [2.24, 2.45) is 5.92 Å². The summed E-state index contributed by atoms with van der Waals surface area (Å²) in [5.41, 5.74) is 0.973. The van der Waals surface area contributed by atoms with Gasteiger partial charge in [-0.1, -0.05) is 13.8 Å². The topological polar surface area (TPSA) is 58.9 Å². The largest absolute Gasteiger partial charge is 0.367 e. The lowest BCUT2D eigenvalue weighted by Crippen LogP contribution is -2.37. The molecule has 6 heteroatoms. The molecule has 1 saturated heterocycles. The van der Waals surface area contributed by atoms with Gasteiger partial charge in [-0.2, -0.15) is 5.10 Å². The summed E-state index contributed by atoms with van der Waals surface area (Å²) < 4.78 is 1.74. The fourth-order valence-electron chi connectivity index (χ4n) is 3.14. The van der Waals surface area contributed by atoms with Gasteiger partial charge in [0.05, 0.1) is 5.69 Å². The van der Waals surface area contributed by atoms with Crippen LogP contribution in [0.1, 0.15) is 32.4 Å². The van der Waals surface area contributed by atoms with Crippen LogP contribution in [0, 0.1) is 12.8 Å². The minimum absolute atomic E-state index is 0.604. The molecule has 3 rings (SSSR count). The maximum Gasteiger partial charge on any atom is 0.175 e. The molecule has 1 aliphatic heterocycles. The summed E-state index contributed by atoms with van der Waals surface area (Å²) >= 11 is 0. The number of hydrogen-bond acceptors (Lipinski definition) is 5. The molecule has 0 radical (unpaired) electrons. The van der Waals surface area contributed by atoms with Crippen molar-refractivity contribution in [2.75, 3.05) is 25.0 Å². The number of hydrogen-bond donors (Lipinski definition) is 1. The standard InChI is InChI=1S/C17H26N6/c1-13(2)12-22-9-4-5-15(22)11-18-16-6-7-17(20-19-16)23-10-8-14(3)21-23/h6-8,10,13,15H,4-5,9,11-12H2,1-3H3,(H,18,19)/t15-/m0/s1. The van der Waals surface area contributed by atoms with Crippen LogP contribution in [-0.4, -0.2) is 50.6 Å². The Morgan fingerprint density at radius 1 is 1.26 bits per heavy atom. The lowest BCUT2D eigenvalue weighted by Gasteiger charge is -2.26. The van der Waals surface area contributed by atoms with Gasteiger partial charge in [-0.3, -0.25) is 4.90 Å². The summed E-state index contributed by atoms with van der Waals surface area (Å²) in [4.78, 5) is 2.59. The number of rotatable bonds is 6. The first kappa shape index (κ1) is 15.9. The second-order valence-electron chi connectivity index (χ2n) is 6.74. The van der Waals surface area contributed by atoms with Gasteiger partial charge in [-0.25, -0.2) is 4.68 Å². The summed E-state index contributed by atoms with van der Waals surface area (Å²) in [6.07, 6.45) is 4.45. The molecular weight excluding hydrogens is 288 g/mol. The van der Waals surface area contributed by atoms with E-state index in [0.29, 0.717) is 12.0 Å². The number of anilines is 1. The van der Waals surface area contributed by atoms with Gasteiger partial charge in [-0.15, -0.1) is 10.2 Å². The van der Waals surface area contributed by atoms with E-state index in [1.54, 1.807) is 4.68 Å². The first-order valence-electron chi connectivity index (χ1n) is 8.46. The Bertz CT molecular complexity index is 618. The van der Waals surface area contributed by atoms with E-state index in [0.717, 1.165) is 23.9 Å². The minimum Gasteiger partial charge on any atom is -0.367 e. The maximum absolute atomic E-state index is 4.34. The highest BCUT2D eigenvalue weighted by Gasteiger charge is 2.24. The van der Waals surface area contributed by atoms with E-state index >= 15 is 0 Å². The van der Waals surface area contributed by atoms with Crippen molar-refractivity contribution in [1.29, 1.82) is 0 Å². The van der Waals surface area contributed by atoms with Gasteiger partial charge in [0, 0.05) is 25.3 Å². The average Bonchev–Trinajstić information content (AvgIpc) is 3.14. The van der Waals surface area contributed by atoms with Crippen molar-refractivity contribution in [3.8, 4) is 5.82 Å². The highest BCUT2D eigenvalue weighted by Crippen LogP contribution is 2.19. The first-order valence-corrected chi connectivity index (χ1v) is 8.46. The fraction of sp³-hybridized carbons (Fsp3) is 0.588. The van der Waals surface area contributed by atoms with E-state index < -0.39 is 0 Å². The number of aryl methyl sites for hydroxylation is 1. The lowest BCUT2D eigenvalue weighted by atomic mass is 10.1. The monoisotopic (exact) mass is 314 g/mol. The van der Waals surface area contributed by atoms with E-state index in [9.17, 15) is 0 Å². The van der Waals surface area contributed by atoms with Gasteiger partial charge in [-0.05, 0) is 50.4 Å². The van der Waals surface area contributed by atoms with Crippen molar-refractivity contribution in [1.82, 2.24) is 24.9 Å². The summed E-state index contributed by atoms with van der Waals surface area (Å²) in [6.45, 7) is 9.85. The van der Waals surface area contributed by atoms with E-state index in [-0.39, 0.29) is 0 Å². The van der Waals surface area contributed by atoms with Gasteiger partial charge in [0.15, 0.2) is 5.82 Å². The molecule has 1 fully saturated rings. The molecular formula is C17H26N6. The summed E-state index contributed by atoms with van der Waals surface area (Å²) in [6, 6.07) is 6.48. The summed E-state index contributed by atoms with van der Waals surface area (Å²) in [5.74, 6) is 2.28. The third-order valence-electron chi connectivity index (χ3n) is 4.23. The van der Waals surface area contributed by atoms with Gasteiger partial charge < -0.3 is 5.32 Å². The molecule has 1 atom stereocenters. The predicted octanol–water partition coefficient (Wildman–Crippen LogP) is 2.50. The molecule has 1 N–H and O–H groups in total. The lowest BCUT2D eigenvalue weighted by molar-refractivity contribution is 0.234. The van der Waals surface area contributed by atoms with Crippen LogP contribution < -0.4 is 5.32 Å². The third kappa shape index (κ3) is 4.07. The quantitative estimate of drug-likeness (QED) is 0.888. The molecule has 23 heavy (non-hydrogen) atoms. The van der Waals surface area contributed by atoms with Crippen molar-refractivity contribution < 1.29 is 0 Å². The molecule has 3 heterocycles. The van der Waals surface area contributed by atoms with E-state index in [1.807, 2.05) is 31.3 Å². The zero-order valence-corrected chi connectivity index (χ0v) is 14.2. The molecule has 0 saturated carbocycles. The van der Waals surface area contributed by atoms with Gasteiger partial charge in [0.1, 0.15) is 5.82 Å². The van der Waals surface area contributed by atoms with Crippen LogP contribution in [0.25, 0.3) is 5.82 Å². The van der Waals surface area contributed by atoms with Gasteiger partial charge >= 0.3 is 0 Å². The second kappa shape index (κ2) is 7.08. The van der Waals surface area contributed by atoms with E-state index in [2.05, 4.69) is 39.4 Å². The molecule has 6 nitrogen and oxygen atoms in total. The Morgan fingerprint density at radius 3 is 2.78 bits per heavy atom. The Morgan fingerprint density at radius 2 is 2.13 bits per heavy atom. The highest BCUT2D eigenvalue weighted by molar-refractivity contribution is 5.36. The molecule has 2 aromatic rings. The Balaban J connectivity index is 1.56. The van der Waals surface area contributed by atoms with Gasteiger partial charge in [0.2, 0.25) is 0 Å². The van der Waals surface area contributed by atoms with Crippen molar-refractivity contribution in [3.05, 3.63) is 30.1 Å². The number of aromatic nitrogens is 4. The van der Waals surface area contributed by atoms with Crippen LogP contribution in [0.4, 0.5) is 5.82 Å². The van der Waals surface area contributed by atoms with Crippen LogP contribution in [0.5, 0.6) is 0 Å². The first-order chi connectivity index (χ1) is 11.1. The highest BCUT2D eigenvalue weighted by atomic mass is 15.3. The van der Waals surface area contributed by atoms with Gasteiger partial charge in [0.25, 0.3) is 0 Å². The van der Waals surface area contributed by atoms with E-state index in [1.165, 1.54) is 25.9 Å². The number of nitrogens with zero attached hydrogens (tertiary/aromatic N) is 5. The molecule has 2 aromatic heterocycles. The fourth-order valence-corrected chi connectivity index (χ4v) is 3.14. The molecule has 0 amide bonds. The van der Waals surface area contributed by atoms with Crippen LogP contribution in [0.2, 0.25) is 0 Å². The van der Waals surface area contributed by atoms with Crippen LogP contribution in [0.15, 0.2) is 24.4 Å². The molecule has 0 aliphatic carbocycles. The third-order valence-corrected chi connectivity index (χ3v) is 4.23. The summed E-state index contributed by atoms with van der Waals surface area (Å²) in [5, 5.41) is 16.3. The Kier molecular flexibility index (Phi) is 4.91. The Hall–Kier alpha value is -1.95. The molecule has 0 aromatic carbocycles. The Labute approximate surface area is 137 Å². The smallest absolute Gasteiger partial charge is 0.175 e. The van der Waals surface area contributed by atoms with Crippen molar-refractivity contribution in [2.45, 2.75) is 39.7 Å². The van der Waals surface area contributed by atoms with Crippen LogP contribution in [0.3, 0.4) is 0 Å². The van der Waals surface area contributed by atoms with Crippen LogP contribution in [-0.2, 0) is 0 Å². The predicted molar refractivity (Wildman–Crippen MR) is 91.8 cm³/mol. The maximum atomic E-state index is 4.34. The minimum atomic E-state index is 0.604. The number of likely N-dealkylation sites (tertiary alicyclic amines) is 1. The van der Waals surface area contributed by atoms with Crippen LogP contribution >= 0.6 is 0 Å². The summed E-state index contributed by atoms with van der Waals surface area (Å²) in [7, 11) is 0. The van der Waals surface area contributed by atoms with Crippen molar-refractivity contribution >= 4 is 5.82 Å². The molecule has 0 spiro atoms. The molecule has 0 bridgehead atoms. The SMILES string of the molecule is Cc1ccn(-c2ccc(NC[C@@H]3CCCN3CC(C)C)nn2)n1. The normalized spacial score (nSPS) is 18.7. The van der Waals surface area contributed by atoms with E-state index in [4.69, 9.17) is 0 Å². The molecule has 1 aliphatic rings.